The molecule has 1 fully saturated rings. The van der Waals surface area contributed by atoms with E-state index in [9.17, 15) is 14.0 Å². The molecule has 2 amide bonds. The van der Waals surface area contributed by atoms with Crippen LogP contribution in [0.5, 0.6) is 5.75 Å². The molecule has 3 aromatic rings. The van der Waals surface area contributed by atoms with Crippen molar-refractivity contribution in [3.05, 3.63) is 86.8 Å². The smallest absolute Gasteiger partial charge is 0.257 e. The average Bonchev–Trinajstić information content (AvgIpc) is 3.60. The summed E-state index contributed by atoms with van der Waals surface area (Å²) in [4.78, 5) is 31.5. The van der Waals surface area contributed by atoms with Gasteiger partial charge in [0.05, 0.1) is 17.7 Å². The fourth-order valence-electron chi connectivity index (χ4n) is 4.89. The second-order valence-electron chi connectivity index (χ2n) is 9.22. The number of rotatable bonds is 8. The molecule has 0 unspecified atom stereocenters. The molecular formula is C28H28ClFN2O4S. The fourth-order valence-corrected chi connectivity index (χ4v) is 5.95. The number of hydrogen-bond donors (Lipinski definition) is 0. The Bertz CT molecular complexity index is 1240. The van der Waals surface area contributed by atoms with Gasteiger partial charge in [0.25, 0.3) is 5.91 Å². The van der Waals surface area contributed by atoms with Crippen LogP contribution >= 0.6 is 22.9 Å². The topological polar surface area (TPSA) is 59.1 Å². The molecule has 0 bridgehead atoms. The first-order valence-corrected chi connectivity index (χ1v) is 13.6. The van der Waals surface area contributed by atoms with Crippen LogP contribution in [0.15, 0.2) is 60.0 Å². The number of ether oxygens (including phenoxy) is 2. The molecule has 2 aliphatic rings. The Morgan fingerprint density at radius 1 is 1.16 bits per heavy atom. The summed E-state index contributed by atoms with van der Waals surface area (Å²) in [5, 5.41) is 2.65. The summed E-state index contributed by atoms with van der Waals surface area (Å²) in [5.41, 5.74) is 1.01. The van der Waals surface area contributed by atoms with Crippen LogP contribution in [0.2, 0.25) is 5.02 Å². The summed E-state index contributed by atoms with van der Waals surface area (Å²) >= 11 is 7.67. The Kier molecular flexibility index (Phi) is 8.08. The van der Waals surface area contributed by atoms with Gasteiger partial charge in [0.15, 0.2) is 0 Å². The largest absolute Gasteiger partial charge is 0.491 e. The fraction of sp³-hybridized carbons (Fsp3) is 0.357. The van der Waals surface area contributed by atoms with Crippen molar-refractivity contribution in [3.8, 4) is 5.75 Å². The molecule has 0 aliphatic carbocycles. The second kappa shape index (κ2) is 11.6. The van der Waals surface area contributed by atoms with E-state index >= 15 is 0 Å². The van der Waals surface area contributed by atoms with Crippen molar-refractivity contribution >= 4 is 34.8 Å². The van der Waals surface area contributed by atoms with E-state index in [1.165, 1.54) is 21.9 Å². The van der Waals surface area contributed by atoms with Gasteiger partial charge in [-0.3, -0.25) is 9.59 Å². The minimum absolute atomic E-state index is 0.0466. The summed E-state index contributed by atoms with van der Waals surface area (Å²) in [6.45, 7) is 1.48. The van der Waals surface area contributed by atoms with Crippen molar-refractivity contribution in [3.63, 3.8) is 0 Å². The maximum Gasteiger partial charge on any atom is 0.257 e. The van der Waals surface area contributed by atoms with E-state index in [2.05, 4.69) is 0 Å². The third kappa shape index (κ3) is 5.98. The maximum absolute atomic E-state index is 14.5. The standard InChI is InChI=1S/C28H28ClFN2O4S/c29-19-7-9-20(10-8-19)36-18-25-23-12-15-37-26(23)11-13-32(25)27(33)17-31(16-21-4-3-14-35-21)28(34)22-5-1-2-6-24(22)30/h1-2,5-10,12,15,21,25H,3-4,11,13-14,16-18H2/t21-,25+/m1/s1. The Balaban J connectivity index is 1.36. The van der Waals surface area contributed by atoms with E-state index in [0.717, 1.165) is 24.8 Å². The first kappa shape index (κ1) is 25.7. The number of amides is 2. The lowest BCUT2D eigenvalue weighted by atomic mass is 10.00. The van der Waals surface area contributed by atoms with Gasteiger partial charge in [0.2, 0.25) is 5.91 Å². The minimum Gasteiger partial charge on any atom is -0.491 e. The van der Waals surface area contributed by atoms with Crippen LogP contribution in [-0.4, -0.2) is 60.6 Å². The summed E-state index contributed by atoms with van der Waals surface area (Å²) < 4.78 is 26.3. The van der Waals surface area contributed by atoms with Gasteiger partial charge in [0.1, 0.15) is 24.7 Å². The molecule has 0 N–H and O–H groups in total. The molecule has 2 aliphatic heterocycles. The van der Waals surface area contributed by atoms with Gasteiger partial charge < -0.3 is 19.3 Å². The highest BCUT2D eigenvalue weighted by Gasteiger charge is 2.35. The van der Waals surface area contributed by atoms with Crippen LogP contribution in [0.1, 0.15) is 39.7 Å². The highest BCUT2D eigenvalue weighted by Crippen LogP contribution is 2.34. The molecule has 0 saturated carbocycles. The summed E-state index contributed by atoms with van der Waals surface area (Å²) in [7, 11) is 0. The van der Waals surface area contributed by atoms with E-state index in [1.807, 2.05) is 11.4 Å². The molecule has 1 saturated heterocycles. The lowest BCUT2D eigenvalue weighted by Crippen LogP contribution is -2.49. The van der Waals surface area contributed by atoms with Crippen LogP contribution in [0.3, 0.4) is 0 Å². The normalized spacial score (nSPS) is 18.9. The van der Waals surface area contributed by atoms with Gasteiger partial charge in [-0.25, -0.2) is 4.39 Å². The van der Waals surface area contributed by atoms with Gasteiger partial charge in [-0.2, -0.15) is 0 Å². The zero-order valence-corrected chi connectivity index (χ0v) is 21.8. The maximum atomic E-state index is 14.5. The predicted molar refractivity (Wildman–Crippen MR) is 141 cm³/mol. The predicted octanol–water partition coefficient (Wildman–Crippen LogP) is 5.37. The number of fused-ring (bicyclic) bond motifs is 1. The van der Waals surface area contributed by atoms with Gasteiger partial charge in [-0.05, 0) is 72.7 Å². The van der Waals surface area contributed by atoms with E-state index in [1.54, 1.807) is 52.6 Å². The van der Waals surface area contributed by atoms with Crippen molar-refractivity contribution in [2.75, 3.05) is 32.8 Å². The molecule has 6 nitrogen and oxygen atoms in total. The SMILES string of the molecule is O=C(c1ccccc1F)N(CC(=O)N1CCc2sccc2[C@@H]1COc1ccc(Cl)cc1)C[C@H]1CCCO1. The van der Waals surface area contributed by atoms with Crippen molar-refractivity contribution in [1.29, 1.82) is 0 Å². The van der Waals surface area contributed by atoms with Crippen LogP contribution in [0.4, 0.5) is 4.39 Å². The Morgan fingerprint density at radius 2 is 1.97 bits per heavy atom. The van der Waals surface area contributed by atoms with E-state index in [-0.39, 0.29) is 43.3 Å². The Labute approximate surface area is 224 Å². The lowest BCUT2D eigenvalue weighted by molar-refractivity contribution is -0.135. The molecule has 5 rings (SSSR count). The van der Waals surface area contributed by atoms with Crippen LogP contribution < -0.4 is 4.74 Å². The highest BCUT2D eigenvalue weighted by molar-refractivity contribution is 7.10. The first-order chi connectivity index (χ1) is 18.0. The van der Waals surface area contributed by atoms with Gasteiger partial charge in [-0.15, -0.1) is 11.3 Å². The highest BCUT2D eigenvalue weighted by atomic mass is 35.5. The van der Waals surface area contributed by atoms with E-state index in [0.29, 0.717) is 23.9 Å². The minimum atomic E-state index is -0.604. The number of hydrogen-bond acceptors (Lipinski definition) is 5. The van der Waals surface area contributed by atoms with Gasteiger partial charge >= 0.3 is 0 Å². The van der Waals surface area contributed by atoms with Crippen molar-refractivity contribution < 1.29 is 23.5 Å². The molecule has 0 spiro atoms. The van der Waals surface area contributed by atoms with Gasteiger partial charge in [0, 0.05) is 29.6 Å². The summed E-state index contributed by atoms with van der Waals surface area (Å²) in [6.07, 6.45) is 2.27. The summed E-state index contributed by atoms with van der Waals surface area (Å²) in [6, 6.07) is 14.7. The van der Waals surface area contributed by atoms with Crippen LogP contribution in [-0.2, 0) is 16.0 Å². The molecule has 0 radical (unpaired) electrons. The molecular weight excluding hydrogens is 515 g/mol. The molecule has 9 heteroatoms. The number of halogens is 2. The van der Waals surface area contributed by atoms with Gasteiger partial charge in [-0.1, -0.05) is 23.7 Å². The van der Waals surface area contributed by atoms with Crippen molar-refractivity contribution in [1.82, 2.24) is 9.80 Å². The molecule has 2 aromatic carbocycles. The number of benzene rings is 2. The van der Waals surface area contributed by atoms with Crippen molar-refractivity contribution in [2.24, 2.45) is 0 Å². The number of carbonyl (C=O) groups excluding carboxylic acids is 2. The zero-order chi connectivity index (χ0) is 25.8. The van der Waals surface area contributed by atoms with Crippen molar-refractivity contribution in [2.45, 2.75) is 31.4 Å². The molecule has 1 aromatic heterocycles. The molecule has 37 heavy (non-hydrogen) atoms. The summed E-state index contributed by atoms with van der Waals surface area (Å²) in [5.74, 6) is -0.658. The molecule has 3 heterocycles. The van der Waals surface area contributed by atoms with E-state index < -0.39 is 11.7 Å². The average molecular weight is 543 g/mol. The number of nitrogens with zero attached hydrogens (tertiary/aromatic N) is 2. The monoisotopic (exact) mass is 542 g/mol. The van der Waals surface area contributed by atoms with Crippen LogP contribution in [0.25, 0.3) is 0 Å². The number of carbonyl (C=O) groups is 2. The van der Waals surface area contributed by atoms with Crippen LogP contribution in [0, 0.1) is 5.82 Å². The quantitative estimate of drug-likeness (QED) is 0.384. The molecule has 194 valence electrons. The Morgan fingerprint density at radius 3 is 2.73 bits per heavy atom. The first-order valence-electron chi connectivity index (χ1n) is 12.4. The Hall–Kier alpha value is -2.94. The lowest BCUT2D eigenvalue weighted by Gasteiger charge is -2.37. The third-order valence-corrected chi connectivity index (χ3v) is 8.05. The third-order valence-electron chi connectivity index (χ3n) is 6.80. The number of thiophene rings is 1. The zero-order valence-electron chi connectivity index (χ0n) is 20.3. The second-order valence-corrected chi connectivity index (χ2v) is 10.7. The molecule has 2 atom stereocenters. The van der Waals surface area contributed by atoms with E-state index in [4.69, 9.17) is 21.1 Å².